The zero-order valence-electron chi connectivity index (χ0n) is 16.2. The Morgan fingerprint density at radius 3 is 2.40 bits per heavy atom. The van der Waals surface area contributed by atoms with Crippen molar-refractivity contribution in [1.29, 1.82) is 0 Å². The maximum atomic E-state index is 13.7. The molecule has 0 atom stereocenters. The third kappa shape index (κ3) is 3.64. The van der Waals surface area contributed by atoms with Gasteiger partial charge in [0, 0.05) is 17.1 Å². The number of para-hydroxylation sites is 1. The first-order chi connectivity index (χ1) is 14.4. The number of pyridine rings is 1. The number of aromatic nitrogens is 1. The van der Waals surface area contributed by atoms with Gasteiger partial charge in [0.15, 0.2) is 0 Å². The van der Waals surface area contributed by atoms with Gasteiger partial charge in [-0.2, -0.15) is 13.2 Å². The fourth-order valence-corrected chi connectivity index (χ4v) is 3.49. The molecular weight excluding hydrogens is 387 g/mol. The van der Waals surface area contributed by atoms with Crippen LogP contribution in [0.5, 0.6) is 0 Å². The van der Waals surface area contributed by atoms with E-state index >= 15 is 0 Å². The molecule has 0 spiro atoms. The number of aryl methyl sites for hydroxylation is 1. The van der Waals surface area contributed by atoms with E-state index in [4.69, 9.17) is 0 Å². The number of halogens is 3. The lowest BCUT2D eigenvalue weighted by atomic mass is 9.95. The van der Waals surface area contributed by atoms with Gasteiger partial charge in [-0.25, -0.2) is 0 Å². The van der Waals surface area contributed by atoms with Gasteiger partial charge in [0.25, 0.3) is 0 Å². The molecule has 0 saturated carbocycles. The van der Waals surface area contributed by atoms with Crippen molar-refractivity contribution in [3.8, 4) is 11.1 Å². The Balaban J connectivity index is 1.96. The molecule has 3 nitrogen and oxygen atoms in total. The first kappa shape index (κ1) is 19.6. The van der Waals surface area contributed by atoms with Gasteiger partial charge in [0.1, 0.15) is 0 Å². The lowest BCUT2D eigenvalue weighted by molar-refractivity contribution is -0.137. The van der Waals surface area contributed by atoms with Crippen LogP contribution < -0.4 is 5.32 Å². The lowest BCUT2D eigenvalue weighted by Gasteiger charge is -2.19. The molecule has 3 aromatic carbocycles. The first-order valence-electron chi connectivity index (χ1n) is 9.27. The standard InChI is InChI=1S/C24H18F3N3/c1-15-7-3-4-10-18(15)19-13-17(24(25,26)27)14-21(23(19)28-2)30-20-11-5-8-16-9-6-12-29-22(16)20/h3-14,30H,2H2,1H3. The number of nitrogens with zero attached hydrogens (tertiary/aromatic N) is 2. The number of alkyl halides is 3. The van der Waals surface area contributed by atoms with Crippen molar-refractivity contribution in [1.82, 2.24) is 4.98 Å². The molecule has 0 aliphatic rings. The highest BCUT2D eigenvalue weighted by Crippen LogP contribution is 2.44. The number of rotatable bonds is 4. The molecule has 30 heavy (non-hydrogen) atoms. The van der Waals surface area contributed by atoms with Crippen LogP contribution in [-0.4, -0.2) is 11.7 Å². The number of fused-ring (bicyclic) bond motifs is 1. The van der Waals surface area contributed by atoms with E-state index < -0.39 is 11.7 Å². The summed E-state index contributed by atoms with van der Waals surface area (Å²) in [5.41, 5.74) is 2.95. The summed E-state index contributed by atoms with van der Waals surface area (Å²) < 4.78 is 41.1. The van der Waals surface area contributed by atoms with Gasteiger partial charge < -0.3 is 5.32 Å². The fraction of sp³-hybridized carbons (Fsp3) is 0.0833. The van der Waals surface area contributed by atoms with Crippen LogP contribution in [0, 0.1) is 6.92 Å². The summed E-state index contributed by atoms with van der Waals surface area (Å²) in [4.78, 5) is 8.45. The first-order valence-corrected chi connectivity index (χ1v) is 9.27. The molecule has 0 radical (unpaired) electrons. The summed E-state index contributed by atoms with van der Waals surface area (Å²) >= 11 is 0. The van der Waals surface area contributed by atoms with Gasteiger partial charge in [0.05, 0.1) is 28.1 Å². The molecule has 150 valence electrons. The van der Waals surface area contributed by atoms with Crippen LogP contribution in [-0.2, 0) is 6.18 Å². The summed E-state index contributed by atoms with van der Waals surface area (Å²) in [6, 6.07) is 18.6. The smallest absolute Gasteiger partial charge is 0.352 e. The quantitative estimate of drug-likeness (QED) is 0.362. The topological polar surface area (TPSA) is 37.3 Å². The maximum absolute atomic E-state index is 13.7. The minimum atomic E-state index is -4.51. The lowest BCUT2D eigenvalue weighted by Crippen LogP contribution is -2.07. The van der Waals surface area contributed by atoms with Crippen molar-refractivity contribution in [2.45, 2.75) is 13.1 Å². The number of aliphatic imine (C=N–C) groups is 1. The molecular formula is C24H18F3N3. The Labute approximate surface area is 171 Å². The molecule has 0 fully saturated rings. The van der Waals surface area contributed by atoms with Crippen LogP contribution >= 0.6 is 0 Å². The van der Waals surface area contributed by atoms with Crippen molar-refractivity contribution >= 4 is 34.7 Å². The normalized spacial score (nSPS) is 11.5. The molecule has 6 heteroatoms. The van der Waals surface area contributed by atoms with Crippen LogP contribution in [0.15, 0.2) is 77.9 Å². The monoisotopic (exact) mass is 405 g/mol. The molecule has 1 heterocycles. The van der Waals surface area contributed by atoms with E-state index in [9.17, 15) is 13.2 Å². The molecule has 1 N–H and O–H groups in total. The molecule has 0 amide bonds. The van der Waals surface area contributed by atoms with Crippen LogP contribution in [0.1, 0.15) is 11.1 Å². The number of benzene rings is 3. The third-order valence-corrected chi connectivity index (χ3v) is 4.93. The SMILES string of the molecule is C=Nc1c(Nc2cccc3cccnc23)cc(C(F)(F)F)cc1-c1ccccc1C. The van der Waals surface area contributed by atoms with Crippen LogP contribution in [0.3, 0.4) is 0 Å². The molecule has 4 rings (SSSR count). The average Bonchev–Trinajstić information content (AvgIpc) is 2.73. The van der Waals surface area contributed by atoms with Crippen LogP contribution in [0.2, 0.25) is 0 Å². The Morgan fingerprint density at radius 2 is 1.67 bits per heavy atom. The molecule has 0 bridgehead atoms. The van der Waals surface area contributed by atoms with Crippen LogP contribution in [0.25, 0.3) is 22.0 Å². The van der Waals surface area contributed by atoms with E-state index in [2.05, 4.69) is 22.0 Å². The summed E-state index contributed by atoms with van der Waals surface area (Å²) in [5, 5.41) is 3.99. The van der Waals surface area contributed by atoms with E-state index in [0.29, 0.717) is 28.0 Å². The molecule has 1 aromatic heterocycles. The number of hydrogen-bond donors (Lipinski definition) is 1. The van der Waals surface area contributed by atoms with Gasteiger partial charge in [-0.1, -0.05) is 42.5 Å². The average molecular weight is 405 g/mol. The predicted octanol–water partition coefficient (Wildman–Crippen LogP) is 7.30. The second-order valence-corrected chi connectivity index (χ2v) is 6.90. The van der Waals surface area contributed by atoms with Crippen molar-refractivity contribution in [3.63, 3.8) is 0 Å². The fourth-order valence-electron chi connectivity index (χ4n) is 3.49. The summed E-state index contributed by atoms with van der Waals surface area (Å²) in [6.45, 7) is 5.47. The van der Waals surface area contributed by atoms with Gasteiger partial charge >= 0.3 is 6.18 Å². The molecule has 0 aliphatic heterocycles. The highest BCUT2D eigenvalue weighted by molar-refractivity contribution is 5.96. The van der Waals surface area contributed by atoms with Gasteiger partial charge in [-0.15, -0.1) is 0 Å². The second kappa shape index (κ2) is 7.63. The largest absolute Gasteiger partial charge is 0.416 e. The third-order valence-electron chi connectivity index (χ3n) is 4.93. The zero-order valence-corrected chi connectivity index (χ0v) is 16.2. The zero-order chi connectivity index (χ0) is 21.3. The highest BCUT2D eigenvalue weighted by atomic mass is 19.4. The second-order valence-electron chi connectivity index (χ2n) is 6.90. The molecule has 0 aliphatic carbocycles. The van der Waals surface area contributed by atoms with E-state index in [1.165, 1.54) is 0 Å². The van der Waals surface area contributed by atoms with E-state index in [1.54, 1.807) is 24.4 Å². The Bertz CT molecular complexity index is 1240. The minimum Gasteiger partial charge on any atom is -0.352 e. The Hall–Kier alpha value is -3.67. The van der Waals surface area contributed by atoms with Crippen molar-refractivity contribution in [2.24, 2.45) is 4.99 Å². The van der Waals surface area contributed by atoms with Crippen LogP contribution in [0.4, 0.5) is 30.2 Å². The van der Waals surface area contributed by atoms with E-state index in [1.807, 2.05) is 43.3 Å². The minimum absolute atomic E-state index is 0.219. The van der Waals surface area contributed by atoms with Crippen molar-refractivity contribution in [2.75, 3.05) is 5.32 Å². The summed E-state index contributed by atoms with van der Waals surface area (Å²) in [6.07, 6.45) is -2.87. The van der Waals surface area contributed by atoms with Gasteiger partial charge in [-0.05, 0) is 49.0 Å². The number of hydrogen-bond acceptors (Lipinski definition) is 3. The van der Waals surface area contributed by atoms with E-state index in [0.717, 1.165) is 23.1 Å². The van der Waals surface area contributed by atoms with Crippen molar-refractivity contribution < 1.29 is 13.2 Å². The summed E-state index contributed by atoms with van der Waals surface area (Å²) in [5.74, 6) is 0. The Morgan fingerprint density at radius 1 is 0.900 bits per heavy atom. The highest BCUT2D eigenvalue weighted by Gasteiger charge is 2.32. The molecule has 4 aromatic rings. The maximum Gasteiger partial charge on any atom is 0.416 e. The number of nitrogens with one attached hydrogen (secondary N) is 1. The van der Waals surface area contributed by atoms with Gasteiger partial charge in [0.2, 0.25) is 0 Å². The summed E-state index contributed by atoms with van der Waals surface area (Å²) in [7, 11) is 0. The van der Waals surface area contributed by atoms with E-state index in [-0.39, 0.29) is 5.69 Å². The predicted molar refractivity (Wildman–Crippen MR) is 116 cm³/mol. The Kier molecular flexibility index (Phi) is 4.99. The molecule has 0 unspecified atom stereocenters. The molecule has 0 saturated heterocycles. The van der Waals surface area contributed by atoms with Crippen molar-refractivity contribution in [3.05, 3.63) is 84.1 Å². The van der Waals surface area contributed by atoms with Gasteiger partial charge in [-0.3, -0.25) is 9.98 Å². The number of anilines is 2.